The van der Waals surface area contributed by atoms with Crippen LogP contribution in [0.25, 0.3) is 0 Å². The molecular formula is C8H17O3P. The van der Waals surface area contributed by atoms with Gasteiger partial charge in [-0.2, -0.15) is 0 Å². The van der Waals surface area contributed by atoms with Crippen LogP contribution in [-0.2, 0) is 9.09 Å². The van der Waals surface area contributed by atoms with Gasteiger partial charge in [0, 0.05) is 0 Å². The summed E-state index contributed by atoms with van der Waals surface area (Å²) in [4.78, 5) is 8.54. The van der Waals surface area contributed by atoms with Gasteiger partial charge in [-0.05, 0) is 12.8 Å². The summed E-state index contributed by atoms with van der Waals surface area (Å²) in [6, 6.07) is 0. The Balaban J connectivity index is 3.68. The second-order valence-corrected chi connectivity index (χ2v) is 3.44. The van der Waals surface area contributed by atoms with E-state index in [9.17, 15) is 4.57 Å². The minimum absolute atomic E-state index is 0.126. The molecule has 0 aliphatic carbocycles. The van der Waals surface area contributed by atoms with Crippen molar-refractivity contribution in [1.29, 1.82) is 0 Å². The van der Waals surface area contributed by atoms with Crippen LogP contribution in [0.15, 0.2) is 12.7 Å². The molecule has 0 saturated heterocycles. The van der Waals surface area contributed by atoms with Crippen molar-refractivity contribution in [2.75, 3.05) is 0 Å². The summed E-state index contributed by atoms with van der Waals surface area (Å²) in [5, 5.41) is 0. The molecule has 0 heterocycles. The lowest BCUT2D eigenvalue weighted by molar-refractivity contribution is 0.179. The van der Waals surface area contributed by atoms with Gasteiger partial charge < -0.3 is 9.42 Å². The fourth-order valence-corrected chi connectivity index (χ4v) is 1.48. The molecule has 3 nitrogen and oxygen atoms in total. The SMILES string of the molecule is C=CCC(CCCC)O[PH](=O)O. The molecule has 0 aromatic heterocycles. The van der Waals surface area contributed by atoms with Crippen LogP contribution >= 0.6 is 8.25 Å². The first-order chi connectivity index (χ1) is 5.70. The van der Waals surface area contributed by atoms with Gasteiger partial charge >= 0.3 is 8.25 Å². The fraction of sp³-hybridized carbons (Fsp3) is 0.750. The zero-order valence-electron chi connectivity index (χ0n) is 7.45. The largest absolute Gasteiger partial charge is 0.326 e. The highest BCUT2D eigenvalue weighted by atomic mass is 31.1. The molecule has 0 aromatic carbocycles. The smallest absolute Gasteiger partial charge is 0.316 e. The van der Waals surface area contributed by atoms with Gasteiger partial charge in [0.1, 0.15) is 0 Å². The van der Waals surface area contributed by atoms with E-state index in [1.54, 1.807) is 6.08 Å². The predicted octanol–water partition coefficient (Wildman–Crippen LogP) is 2.52. The Kier molecular flexibility index (Phi) is 7.47. The third-order valence-electron chi connectivity index (χ3n) is 1.58. The van der Waals surface area contributed by atoms with E-state index in [1.807, 2.05) is 0 Å². The van der Waals surface area contributed by atoms with Gasteiger partial charge in [0.15, 0.2) is 0 Å². The van der Waals surface area contributed by atoms with Crippen LogP contribution in [0, 0.1) is 0 Å². The van der Waals surface area contributed by atoms with E-state index in [0.29, 0.717) is 6.42 Å². The van der Waals surface area contributed by atoms with Gasteiger partial charge in [-0.3, -0.25) is 4.57 Å². The van der Waals surface area contributed by atoms with Gasteiger partial charge in [0.05, 0.1) is 6.10 Å². The molecule has 0 aliphatic rings. The number of unbranched alkanes of at least 4 members (excludes halogenated alkanes) is 1. The van der Waals surface area contributed by atoms with Gasteiger partial charge in [0.25, 0.3) is 0 Å². The van der Waals surface area contributed by atoms with Crippen LogP contribution < -0.4 is 0 Å². The molecule has 0 rings (SSSR count). The van der Waals surface area contributed by atoms with Crippen LogP contribution in [0.5, 0.6) is 0 Å². The normalized spacial score (nSPS) is 15.5. The summed E-state index contributed by atoms with van der Waals surface area (Å²) in [6.07, 6.45) is 5.16. The molecule has 0 bridgehead atoms. The fourth-order valence-electron chi connectivity index (χ4n) is 0.985. The molecular weight excluding hydrogens is 175 g/mol. The molecule has 2 unspecified atom stereocenters. The van der Waals surface area contributed by atoms with Crippen LogP contribution in [0.1, 0.15) is 32.6 Å². The summed E-state index contributed by atoms with van der Waals surface area (Å²) >= 11 is 0. The summed E-state index contributed by atoms with van der Waals surface area (Å²) in [7, 11) is -2.78. The van der Waals surface area contributed by atoms with Crippen LogP contribution in [0.3, 0.4) is 0 Å². The second-order valence-electron chi connectivity index (χ2n) is 2.67. The molecule has 0 saturated carbocycles. The van der Waals surface area contributed by atoms with Crippen molar-refractivity contribution < 1.29 is 14.0 Å². The molecule has 0 spiro atoms. The molecule has 0 radical (unpaired) electrons. The third-order valence-corrected chi connectivity index (χ3v) is 2.11. The molecule has 2 atom stereocenters. The zero-order valence-corrected chi connectivity index (χ0v) is 8.45. The first-order valence-electron chi connectivity index (χ1n) is 4.21. The average Bonchev–Trinajstić information content (AvgIpc) is 2.00. The maximum Gasteiger partial charge on any atom is 0.316 e. The van der Waals surface area contributed by atoms with Crippen LogP contribution in [0.4, 0.5) is 0 Å². The minimum atomic E-state index is -2.78. The van der Waals surface area contributed by atoms with Crippen molar-refractivity contribution in [1.82, 2.24) is 0 Å². The van der Waals surface area contributed by atoms with Gasteiger partial charge in [-0.15, -0.1) is 6.58 Å². The van der Waals surface area contributed by atoms with Crippen molar-refractivity contribution in [3.05, 3.63) is 12.7 Å². The zero-order chi connectivity index (χ0) is 9.40. The van der Waals surface area contributed by atoms with Gasteiger partial charge in [-0.1, -0.05) is 25.8 Å². The minimum Gasteiger partial charge on any atom is -0.326 e. The lowest BCUT2D eigenvalue weighted by Crippen LogP contribution is -2.07. The van der Waals surface area contributed by atoms with Crippen molar-refractivity contribution >= 4 is 8.25 Å². The van der Waals surface area contributed by atoms with Gasteiger partial charge in [-0.25, -0.2) is 0 Å². The average molecular weight is 192 g/mol. The number of hydrogen-bond donors (Lipinski definition) is 1. The Hall–Kier alpha value is -0.110. The summed E-state index contributed by atoms with van der Waals surface area (Å²) in [5.41, 5.74) is 0. The highest BCUT2D eigenvalue weighted by molar-refractivity contribution is 7.32. The second kappa shape index (κ2) is 7.53. The van der Waals surface area contributed by atoms with E-state index in [1.165, 1.54) is 0 Å². The number of rotatable bonds is 7. The monoisotopic (exact) mass is 192 g/mol. The quantitative estimate of drug-likeness (QED) is 0.498. The van der Waals surface area contributed by atoms with E-state index < -0.39 is 8.25 Å². The maximum absolute atomic E-state index is 10.4. The van der Waals surface area contributed by atoms with E-state index in [0.717, 1.165) is 19.3 Å². The topological polar surface area (TPSA) is 46.5 Å². The Morgan fingerprint density at radius 1 is 1.75 bits per heavy atom. The Morgan fingerprint density at radius 2 is 2.42 bits per heavy atom. The molecule has 0 amide bonds. The van der Waals surface area contributed by atoms with E-state index in [4.69, 9.17) is 9.42 Å². The first-order valence-corrected chi connectivity index (χ1v) is 5.47. The molecule has 72 valence electrons. The molecule has 12 heavy (non-hydrogen) atoms. The number of hydrogen-bond acceptors (Lipinski definition) is 2. The summed E-state index contributed by atoms with van der Waals surface area (Å²) < 4.78 is 15.2. The van der Waals surface area contributed by atoms with E-state index in [2.05, 4.69) is 13.5 Å². The van der Waals surface area contributed by atoms with Crippen molar-refractivity contribution in [2.24, 2.45) is 0 Å². The summed E-state index contributed by atoms with van der Waals surface area (Å²) in [6.45, 7) is 5.64. The molecule has 1 N–H and O–H groups in total. The Bertz CT molecular complexity index is 147. The Morgan fingerprint density at radius 3 is 2.83 bits per heavy atom. The van der Waals surface area contributed by atoms with Crippen molar-refractivity contribution in [3.63, 3.8) is 0 Å². The molecule has 4 heteroatoms. The van der Waals surface area contributed by atoms with E-state index >= 15 is 0 Å². The molecule has 0 aromatic rings. The third kappa shape index (κ3) is 6.59. The first kappa shape index (κ1) is 11.9. The lowest BCUT2D eigenvalue weighted by atomic mass is 10.1. The highest BCUT2D eigenvalue weighted by Crippen LogP contribution is 2.23. The van der Waals surface area contributed by atoms with Crippen LogP contribution in [-0.4, -0.2) is 11.0 Å². The van der Waals surface area contributed by atoms with E-state index in [-0.39, 0.29) is 6.10 Å². The summed E-state index contributed by atoms with van der Waals surface area (Å²) in [5.74, 6) is 0. The van der Waals surface area contributed by atoms with Gasteiger partial charge in [0.2, 0.25) is 0 Å². The molecule has 0 aliphatic heterocycles. The highest BCUT2D eigenvalue weighted by Gasteiger charge is 2.08. The lowest BCUT2D eigenvalue weighted by Gasteiger charge is -2.12. The Labute approximate surface area is 74.4 Å². The van der Waals surface area contributed by atoms with Crippen molar-refractivity contribution in [3.8, 4) is 0 Å². The predicted molar refractivity (Wildman–Crippen MR) is 50.4 cm³/mol. The maximum atomic E-state index is 10.4. The standard InChI is InChI=1S/C8H17O3P/c1-3-5-7-8(6-4-2)11-12(9)10/h4,8,12H,2-3,5-7H2,1H3,(H,9,10). The van der Waals surface area contributed by atoms with Crippen molar-refractivity contribution in [2.45, 2.75) is 38.7 Å². The molecule has 0 fully saturated rings. The van der Waals surface area contributed by atoms with Crippen LogP contribution in [0.2, 0.25) is 0 Å².